The third kappa shape index (κ3) is 5.25. The van der Waals surface area contributed by atoms with Crippen molar-refractivity contribution in [3.05, 3.63) is 265 Å². The molecule has 2 aromatic heterocycles. The Morgan fingerprint density at radius 2 is 0.730 bits per heavy atom. The van der Waals surface area contributed by atoms with E-state index in [0.29, 0.717) is 0 Å². The molecule has 0 radical (unpaired) electrons. The first kappa shape index (κ1) is 35.5. The smallest absolute Gasteiger partial charge is 0.0713 e. The predicted molar refractivity (Wildman–Crippen MR) is 263 cm³/mol. The molecule has 294 valence electrons. The van der Waals surface area contributed by atoms with Gasteiger partial charge in [-0.3, -0.25) is 0 Å². The molecule has 2 nitrogen and oxygen atoms in total. The maximum Gasteiger partial charge on any atom is 0.0713 e. The molecular weight excluding hydrogens is 761 g/mol. The molecule has 0 unspecified atom stereocenters. The van der Waals surface area contributed by atoms with Gasteiger partial charge in [-0.05, 0) is 116 Å². The molecule has 1 aliphatic rings. The van der Waals surface area contributed by atoms with Gasteiger partial charge in [0.15, 0.2) is 0 Å². The van der Waals surface area contributed by atoms with Crippen molar-refractivity contribution in [3.63, 3.8) is 0 Å². The number of rotatable bonds is 6. The molecule has 2 heterocycles. The summed E-state index contributed by atoms with van der Waals surface area (Å²) in [6, 6.07) is 89.5. The van der Waals surface area contributed by atoms with Gasteiger partial charge in [0, 0.05) is 32.9 Å². The van der Waals surface area contributed by atoms with E-state index in [9.17, 15) is 0 Å². The monoisotopic (exact) mass is 800 g/mol. The quantitative estimate of drug-likeness (QED) is 0.159. The minimum atomic E-state index is -0.470. The van der Waals surface area contributed by atoms with Gasteiger partial charge < -0.3 is 9.13 Å². The van der Waals surface area contributed by atoms with Crippen molar-refractivity contribution in [2.24, 2.45) is 0 Å². The van der Waals surface area contributed by atoms with Crippen LogP contribution in [-0.4, -0.2) is 9.13 Å². The highest BCUT2D eigenvalue weighted by atomic mass is 15.0. The normalized spacial score (nSPS) is 12.9. The molecule has 0 spiro atoms. The van der Waals surface area contributed by atoms with E-state index in [4.69, 9.17) is 0 Å². The molecule has 0 saturated heterocycles. The first-order valence-corrected chi connectivity index (χ1v) is 21.8. The van der Waals surface area contributed by atoms with E-state index < -0.39 is 5.41 Å². The SMILES string of the molecule is c1ccc(-c2ccc(-n3c4ccccc4c4cc(-c5ccc6c7cc(C8(c9ccccc9)c9ccccc9-c9ccccc98)ccc7n(-c7ccccc7)c6c5)ccc43)cc2)cc1. The van der Waals surface area contributed by atoms with Gasteiger partial charge in [0.1, 0.15) is 0 Å². The first-order valence-electron chi connectivity index (χ1n) is 21.8. The van der Waals surface area contributed by atoms with Gasteiger partial charge >= 0.3 is 0 Å². The van der Waals surface area contributed by atoms with E-state index in [0.717, 1.165) is 11.4 Å². The number of benzene rings is 10. The van der Waals surface area contributed by atoms with Crippen LogP contribution in [0.2, 0.25) is 0 Å². The molecule has 13 rings (SSSR count). The number of aromatic nitrogens is 2. The van der Waals surface area contributed by atoms with Crippen LogP contribution in [0.1, 0.15) is 22.3 Å². The number of nitrogens with zero attached hydrogens (tertiary/aromatic N) is 2. The Morgan fingerprint density at radius 1 is 0.254 bits per heavy atom. The lowest BCUT2D eigenvalue weighted by Crippen LogP contribution is -2.28. The summed E-state index contributed by atoms with van der Waals surface area (Å²) in [5.41, 5.74) is 19.2. The average Bonchev–Trinajstić information content (AvgIpc) is 3.98. The van der Waals surface area contributed by atoms with Gasteiger partial charge in [-0.15, -0.1) is 0 Å². The summed E-state index contributed by atoms with van der Waals surface area (Å²) in [7, 11) is 0. The average molecular weight is 801 g/mol. The molecule has 12 aromatic rings. The zero-order valence-corrected chi connectivity index (χ0v) is 34.5. The molecule has 0 N–H and O–H groups in total. The number of para-hydroxylation sites is 2. The summed E-state index contributed by atoms with van der Waals surface area (Å²) < 4.78 is 4.85. The van der Waals surface area contributed by atoms with E-state index in [2.05, 4.69) is 252 Å². The highest BCUT2D eigenvalue weighted by molar-refractivity contribution is 6.13. The summed E-state index contributed by atoms with van der Waals surface area (Å²) in [4.78, 5) is 0. The lowest BCUT2D eigenvalue weighted by molar-refractivity contribution is 0.770. The van der Waals surface area contributed by atoms with Crippen LogP contribution in [0, 0.1) is 0 Å². The van der Waals surface area contributed by atoms with E-state index in [1.54, 1.807) is 0 Å². The summed E-state index contributed by atoms with van der Waals surface area (Å²) in [6.07, 6.45) is 0. The first-order chi connectivity index (χ1) is 31.3. The Balaban J connectivity index is 1.00. The zero-order valence-electron chi connectivity index (χ0n) is 34.5. The van der Waals surface area contributed by atoms with Crippen LogP contribution in [0.15, 0.2) is 243 Å². The van der Waals surface area contributed by atoms with Gasteiger partial charge in [-0.25, -0.2) is 0 Å². The molecule has 0 atom stereocenters. The fourth-order valence-electron chi connectivity index (χ4n) is 10.9. The topological polar surface area (TPSA) is 9.86 Å². The third-order valence-electron chi connectivity index (χ3n) is 13.6. The van der Waals surface area contributed by atoms with E-state index in [-0.39, 0.29) is 0 Å². The van der Waals surface area contributed by atoms with Crippen LogP contribution >= 0.6 is 0 Å². The maximum absolute atomic E-state index is 2.48. The molecule has 2 heteroatoms. The van der Waals surface area contributed by atoms with Gasteiger partial charge in [-0.2, -0.15) is 0 Å². The number of hydrogen-bond acceptors (Lipinski definition) is 0. The molecule has 10 aromatic carbocycles. The molecular formula is C61H40N2. The highest BCUT2D eigenvalue weighted by Gasteiger charge is 2.46. The number of fused-ring (bicyclic) bond motifs is 9. The largest absolute Gasteiger partial charge is 0.309 e. The summed E-state index contributed by atoms with van der Waals surface area (Å²) in [6.45, 7) is 0. The Bertz CT molecular complexity index is 3660. The lowest BCUT2D eigenvalue weighted by Gasteiger charge is -2.34. The molecule has 0 saturated carbocycles. The molecule has 0 fully saturated rings. The zero-order chi connectivity index (χ0) is 41.5. The van der Waals surface area contributed by atoms with Crippen molar-refractivity contribution in [2.75, 3.05) is 0 Å². The Kier molecular flexibility index (Phi) is 7.85. The fourth-order valence-corrected chi connectivity index (χ4v) is 10.9. The van der Waals surface area contributed by atoms with Crippen molar-refractivity contribution in [1.82, 2.24) is 9.13 Å². The Morgan fingerprint density at radius 3 is 1.46 bits per heavy atom. The second-order valence-corrected chi connectivity index (χ2v) is 16.8. The third-order valence-corrected chi connectivity index (χ3v) is 13.6. The van der Waals surface area contributed by atoms with Crippen LogP contribution in [0.25, 0.3) is 88.4 Å². The van der Waals surface area contributed by atoms with Crippen LogP contribution in [0.3, 0.4) is 0 Å². The lowest BCUT2D eigenvalue weighted by atomic mass is 9.67. The second kappa shape index (κ2) is 13.9. The molecule has 0 aliphatic heterocycles. The van der Waals surface area contributed by atoms with Crippen LogP contribution in [0.4, 0.5) is 0 Å². The van der Waals surface area contributed by atoms with Gasteiger partial charge in [0.25, 0.3) is 0 Å². The highest BCUT2D eigenvalue weighted by Crippen LogP contribution is 2.56. The molecule has 0 bridgehead atoms. The minimum Gasteiger partial charge on any atom is -0.309 e. The predicted octanol–water partition coefficient (Wildman–Crippen LogP) is 15.6. The van der Waals surface area contributed by atoms with Crippen molar-refractivity contribution in [2.45, 2.75) is 5.41 Å². The minimum absolute atomic E-state index is 0.470. The van der Waals surface area contributed by atoms with Crippen molar-refractivity contribution in [3.8, 4) is 44.8 Å². The summed E-state index contributed by atoms with van der Waals surface area (Å²) >= 11 is 0. The van der Waals surface area contributed by atoms with E-state index in [1.807, 2.05) is 0 Å². The molecule has 1 aliphatic carbocycles. The standard InChI is InChI=1S/C61H40N2/c1-4-16-41(17-5-1)42-28-33-48(34-29-42)62-57-27-15-12-24-51(57)53-38-43(31-36-58(53)62)44-30-35-52-54-40-46(32-37-59(54)63(60(52)39-44)47-20-8-3-9-21-47)61(45-18-6-2-7-19-45)55-25-13-10-22-49(55)50-23-11-14-26-56(50)61/h1-40H. The van der Waals surface area contributed by atoms with Gasteiger partial charge in [-0.1, -0.05) is 182 Å². The Labute approximate surface area is 366 Å². The van der Waals surface area contributed by atoms with Crippen molar-refractivity contribution < 1.29 is 0 Å². The van der Waals surface area contributed by atoms with E-state index in [1.165, 1.54) is 99.2 Å². The maximum atomic E-state index is 2.48. The van der Waals surface area contributed by atoms with Crippen molar-refractivity contribution in [1.29, 1.82) is 0 Å². The van der Waals surface area contributed by atoms with Crippen LogP contribution in [0.5, 0.6) is 0 Å². The van der Waals surface area contributed by atoms with Gasteiger partial charge in [0.2, 0.25) is 0 Å². The summed E-state index contributed by atoms with van der Waals surface area (Å²) in [5, 5.41) is 4.97. The molecule has 0 amide bonds. The number of hydrogen-bond donors (Lipinski definition) is 0. The van der Waals surface area contributed by atoms with Crippen molar-refractivity contribution >= 4 is 43.6 Å². The summed E-state index contributed by atoms with van der Waals surface area (Å²) in [5.74, 6) is 0. The van der Waals surface area contributed by atoms with Crippen LogP contribution in [-0.2, 0) is 5.41 Å². The van der Waals surface area contributed by atoms with E-state index >= 15 is 0 Å². The second-order valence-electron chi connectivity index (χ2n) is 16.8. The fraction of sp³-hybridized carbons (Fsp3) is 0.0164. The molecule has 63 heavy (non-hydrogen) atoms. The van der Waals surface area contributed by atoms with Crippen LogP contribution < -0.4 is 0 Å². The van der Waals surface area contributed by atoms with Gasteiger partial charge in [0.05, 0.1) is 27.5 Å². The Hall–Kier alpha value is -8.20.